The molecule has 5 nitrogen and oxygen atoms in total. The smallest absolute Gasteiger partial charge is 0.234 e. The van der Waals surface area contributed by atoms with Gasteiger partial charge in [-0.15, -0.1) is 0 Å². The highest BCUT2D eigenvalue weighted by Crippen LogP contribution is 2.16. The lowest BCUT2D eigenvalue weighted by Gasteiger charge is -2.15. The highest BCUT2D eigenvalue weighted by Gasteiger charge is 2.21. The monoisotopic (exact) mass is 246 g/mol. The van der Waals surface area contributed by atoms with Gasteiger partial charge in [0.25, 0.3) is 0 Å². The van der Waals surface area contributed by atoms with E-state index in [1.807, 2.05) is 13.1 Å². The molecule has 0 aromatic carbocycles. The van der Waals surface area contributed by atoms with Gasteiger partial charge in [-0.3, -0.25) is 9.30 Å². The Morgan fingerprint density at radius 2 is 2.28 bits per heavy atom. The van der Waals surface area contributed by atoms with Crippen LogP contribution in [-0.4, -0.2) is 43.6 Å². The Bertz CT molecular complexity index is 578. The number of likely N-dealkylation sites (tertiary alicyclic amines) is 1. The summed E-state index contributed by atoms with van der Waals surface area (Å²) in [6.07, 6.45) is 2.58. The van der Waals surface area contributed by atoms with Crippen LogP contribution in [0.25, 0.3) is 5.78 Å². The van der Waals surface area contributed by atoms with Crippen molar-refractivity contribution in [1.29, 1.82) is 0 Å². The van der Waals surface area contributed by atoms with Crippen molar-refractivity contribution in [3.63, 3.8) is 0 Å². The summed E-state index contributed by atoms with van der Waals surface area (Å²) < 4.78 is 2.09. The maximum atomic E-state index is 9.56. The summed E-state index contributed by atoms with van der Waals surface area (Å²) in [7, 11) is 0. The van der Waals surface area contributed by atoms with E-state index >= 15 is 0 Å². The van der Waals surface area contributed by atoms with Crippen molar-refractivity contribution in [3.8, 4) is 0 Å². The third-order valence-corrected chi connectivity index (χ3v) is 3.50. The Labute approximate surface area is 106 Å². The molecule has 0 amide bonds. The Balaban J connectivity index is 1.93. The van der Waals surface area contributed by atoms with Gasteiger partial charge in [0.05, 0.1) is 18.0 Å². The van der Waals surface area contributed by atoms with Crippen LogP contribution in [0.3, 0.4) is 0 Å². The minimum absolute atomic E-state index is 0.175. The van der Waals surface area contributed by atoms with Crippen LogP contribution in [0.4, 0.5) is 0 Å². The summed E-state index contributed by atoms with van der Waals surface area (Å²) in [4.78, 5) is 11.1. The average Bonchev–Trinajstić information content (AvgIpc) is 2.86. The molecule has 1 saturated heterocycles. The van der Waals surface area contributed by atoms with Crippen molar-refractivity contribution in [2.24, 2.45) is 0 Å². The van der Waals surface area contributed by atoms with Gasteiger partial charge in [-0.25, -0.2) is 9.97 Å². The molecule has 1 aliphatic heterocycles. The molecule has 1 fully saturated rings. The fraction of sp³-hybridized carbons (Fsp3) is 0.538. The number of rotatable bonds is 2. The Kier molecular flexibility index (Phi) is 2.80. The van der Waals surface area contributed by atoms with Gasteiger partial charge in [0.1, 0.15) is 0 Å². The van der Waals surface area contributed by atoms with Crippen LogP contribution in [0.15, 0.2) is 12.3 Å². The molecule has 2 aromatic rings. The molecule has 2 aromatic heterocycles. The van der Waals surface area contributed by atoms with E-state index in [1.165, 1.54) is 0 Å². The van der Waals surface area contributed by atoms with Crippen molar-refractivity contribution >= 4 is 5.78 Å². The maximum Gasteiger partial charge on any atom is 0.234 e. The van der Waals surface area contributed by atoms with Crippen LogP contribution in [0, 0.1) is 13.8 Å². The highest BCUT2D eigenvalue weighted by atomic mass is 16.3. The third-order valence-electron chi connectivity index (χ3n) is 3.50. The van der Waals surface area contributed by atoms with Crippen molar-refractivity contribution in [2.75, 3.05) is 13.1 Å². The molecule has 0 saturated carbocycles. The molecular weight excluding hydrogens is 228 g/mol. The topological polar surface area (TPSA) is 53.7 Å². The van der Waals surface area contributed by atoms with Gasteiger partial charge in [0.2, 0.25) is 5.78 Å². The number of aromatic nitrogens is 3. The van der Waals surface area contributed by atoms with Gasteiger partial charge in [-0.2, -0.15) is 0 Å². The quantitative estimate of drug-likeness (QED) is 0.856. The summed E-state index contributed by atoms with van der Waals surface area (Å²) in [6.45, 7) is 6.59. The van der Waals surface area contributed by atoms with Gasteiger partial charge in [0, 0.05) is 31.0 Å². The fourth-order valence-corrected chi connectivity index (χ4v) is 2.69. The SMILES string of the molecule is Cc1cc(C)n2c(CN3CC[C@@H](O)C3)cnc2n1. The molecule has 0 spiro atoms. The summed E-state index contributed by atoms with van der Waals surface area (Å²) in [5.74, 6) is 0.766. The van der Waals surface area contributed by atoms with Crippen LogP contribution >= 0.6 is 0 Å². The lowest BCUT2D eigenvalue weighted by molar-refractivity contribution is 0.174. The molecule has 1 atom stereocenters. The molecule has 96 valence electrons. The lowest BCUT2D eigenvalue weighted by atomic mass is 10.3. The van der Waals surface area contributed by atoms with Crippen LogP contribution in [0.2, 0.25) is 0 Å². The number of aliphatic hydroxyl groups excluding tert-OH is 1. The predicted octanol–water partition coefficient (Wildman–Crippen LogP) is 0.913. The van der Waals surface area contributed by atoms with Gasteiger partial charge < -0.3 is 5.11 Å². The highest BCUT2D eigenvalue weighted by molar-refractivity contribution is 5.35. The molecule has 0 radical (unpaired) electrons. The predicted molar refractivity (Wildman–Crippen MR) is 68.4 cm³/mol. The number of imidazole rings is 1. The fourth-order valence-electron chi connectivity index (χ4n) is 2.69. The second-order valence-corrected chi connectivity index (χ2v) is 5.10. The van der Waals surface area contributed by atoms with E-state index in [4.69, 9.17) is 0 Å². The number of nitrogens with zero attached hydrogens (tertiary/aromatic N) is 4. The molecule has 3 heterocycles. The number of β-amino-alcohol motifs (C(OH)–C–C–N with tert-alkyl or cyclic N) is 1. The second kappa shape index (κ2) is 4.33. The summed E-state index contributed by atoms with van der Waals surface area (Å²) in [6, 6.07) is 2.07. The first kappa shape index (κ1) is 11.6. The van der Waals surface area contributed by atoms with Crippen LogP contribution in [-0.2, 0) is 6.54 Å². The van der Waals surface area contributed by atoms with E-state index in [1.54, 1.807) is 0 Å². The first-order valence-electron chi connectivity index (χ1n) is 6.34. The lowest BCUT2D eigenvalue weighted by Crippen LogP contribution is -2.22. The molecule has 18 heavy (non-hydrogen) atoms. The van der Waals surface area contributed by atoms with E-state index in [0.29, 0.717) is 0 Å². The Morgan fingerprint density at radius 1 is 1.44 bits per heavy atom. The van der Waals surface area contributed by atoms with E-state index in [-0.39, 0.29) is 6.10 Å². The zero-order chi connectivity index (χ0) is 12.7. The molecule has 0 unspecified atom stereocenters. The zero-order valence-corrected chi connectivity index (χ0v) is 10.8. The van der Waals surface area contributed by atoms with E-state index < -0.39 is 0 Å². The van der Waals surface area contributed by atoms with Crippen molar-refractivity contribution in [3.05, 3.63) is 29.3 Å². The summed E-state index contributed by atoms with van der Waals surface area (Å²) >= 11 is 0. The number of fused-ring (bicyclic) bond motifs is 1. The Morgan fingerprint density at radius 3 is 3.00 bits per heavy atom. The van der Waals surface area contributed by atoms with Gasteiger partial charge in [-0.05, 0) is 26.3 Å². The number of hydrogen-bond acceptors (Lipinski definition) is 4. The average molecular weight is 246 g/mol. The van der Waals surface area contributed by atoms with Crippen LogP contribution in [0.1, 0.15) is 23.5 Å². The third kappa shape index (κ3) is 2.00. The first-order valence-corrected chi connectivity index (χ1v) is 6.34. The summed E-state index contributed by atoms with van der Waals surface area (Å²) in [5, 5.41) is 9.56. The maximum absolute atomic E-state index is 9.56. The zero-order valence-electron chi connectivity index (χ0n) is 10.8. The largest absolute Gasteiger partial charge is 0.392 e. The molecule has 0 aliphatic carbocycles. The second-order valence-electron chi connectivity index (χ2n) is 5.10. The Hall–Kier alpha value is -1.46. The normalized spacial score (nSPS) is 20.9. The summed E-state index contributed by atoms with van der Waals surface area (Å²) in [5.41, 5.74) is 3.29. The number of aliphatic hydroxyl groups is 1. The van der Waals surface area contributed by atoms with Crippen molar-refractivity contribution in [1.82, 2.24) is 19.3 Å². The minimum atomic E-state index is -0.175. The molecular formula is C13H18N4O. The van der Waals surface area contributed by atoms with Gasteiger partial charge in [0.15, 0.2) is 0 Å². The molecule has 1 aliphatic rings. The molecule has 5 heteroatoms. The van der Waals surface area contributed by atoms with E-state index in [2.05, 4.69) is 32.3 Å². The molecule has 0 bridgehead atoms. The van der Waals surface area contributed by atoms with Crippen LogP contribution < -0.4 is 0 Å². The number of hydrogen-bond donors (Lipinski definition) is 1. The van der Waals surface area contributed by atoms with Gasteiger partial charge in [-0.1, -0.05) is 0 Å². The molecule has 1 N–H and O–H groups in total. The van der Waals surface area contributed by atoms with Crippen molar-refractivity contribution < 1.29 is 5.11 Å². The van der Waals surface area contributed by atoms with E-state index in [0.717, 1.165) is 48.9 Å². The van der Waals surface area contributed by atoms with Crippen molar-refractivity contribution in [2.45, 2.75) is 32.9 Å². The van der Waals surface area contributed by atoms with E-state index in [9.17, 15) is 5.11 Å². The minimum Gasteiger partial charge on any atom is -0.392 e. The van der Waals surface area contributed by atoms with Gasteiger partial charge >= 0.3 is 0 Å². The number of aryl methyl sites for hydroxylation is 2. The van der Waals surface area contributed by atoms with Crippen LogP contribution in [0.5, 0.6) is 0 Å². The standard InChI is InChI=1S/C13H18N4O/c1-9-5-10(2)17-11(6-14-13(17)15-9)7-16-4-3-12(18)8-16/h5-6,12,18H,3-4,7-8H2,1-2H3/t12-/m1/s1. The molecule has 3 rings (SSSR count). The first-order chi connectivity index (χ1) is 8.63.